The fourth-order valence-electron chi connectivity index (χ4n) is 3.31. The Balaban J connectivity index is 1.99. The number of piperazine rings is 1. The lowest BCUT2D eigenvalue weighted by Gasteiger charge is -2.42. The number of aliphatic hydroxyl groups excluding tert-OH is 1. The summed E-state index contributed by atoms with van der Waals surface area (Å²) in [5.41, 5.74) is 1.24. The Morgan fingerprint density at radius 2 is 2.05 bits per heavy atom. The molecule has 0 bridgehead atoms. The third kappa shape index (κ3) is 4.70. The van der Waals surface area contributed by atoms with Crippen molar-refractivity contribution < 1.29 is 9.84 Å². The highest BCUT2D eigenvalue weighted by Crippen LogP contribution is 2.22. The molecule has 22 heavy (non-hydrogen) atoms. The minimum atomic E-state index is 0.266. The van der Waals surface area contributed by atoms with Gasteiger partial charge in [-0.3, -0.25) is 9.80 Å². The molecule has 1 atom stereocenters. The number of hydrogen-bond acceptors (Lipinski definition) is 4. The van der Waals surface area contributed by atoms with Crippen molar-refractivity contribution in [2.75, 3.05) is 39.9 Å². The van der Waals surface area contributed by atoms with Crippen molar-refractivity contribution in [1.29, 1.82) is 0 Å². The van der Waals surface area contributed by atoms with E-state index in [1.54, 1.807) is 7.11 Å². The Labute approximate surface area is 134 Å². The standard InChI is InChI=1S/C18H30N2O2/c1-15(2)12-20-10-9-19(14-17(20)8-11-21)13-16-6-4-5-7-18(16)22-3/h4-7,15,17,21H,8-14H2,1-3H3/t17-/m1/s1. The molecule has 1 heterocycles. The van der Waals surface area contributed by atoms with Gasteiger partial charge in [-0.15, -0.1) is 0 Å². The fraction of sp³-hybridized carbons (Fsp3) is 0.667. The molecule has 0 spiro atoms. The average Bonchev–Trinajstić information content (AvgIpc) is 2.50. The molecule has 0 aliphatic carbocycles. The molecule has 1 saturated heterocycles. The van der Waals surface area contributed by atoms with Crippen LogP contribution in [-0.2, 0) is 6.54 Å². The molecule has 2 rings (SSSR count). The molecule has 1 aliphatic heterocycles. The predicted octanol–water partition coefficient (Wildman–Crippen LogP) is 2.22. The first kappa shape index (κ1) is 17.3. The van der Waals surface area contributed by atoms with Gasteiger partial charge in [0.1, 0.15) is 5.75 Å². The lowest BCUT2D eigenvalue weighted by molar-refractivity contribution is 0.0473. The number of benzene rings is 1. The molecule has 1 aromatic carbocycles. The quantitative estimate of drug-likeness (QED) is 0.838. The maximum absolute atomic E-state index is 9.36. The van der Waals surface area contributed by atoms with Gasteiger partial charge in [0.25, 0.3) is 0 Å². The maximum Gasteiger partial charge on any atom is 0.123 e. The number of hydrogen-bond donors (Lipinski definition) is 1. The predicted molar refractivity (Wildman–Crippen MR) is 90.2 cm³/mol. The smallest absolute Gasteiger partial charge is 0.123 e. The largest absolute Gasteiger partial charge is 0.496 e. The first-order chi connectivity index (χ1) is 10.6. The third-order valence-corrected chi connectivity index (χ3v) is 4.34. The minimum absolute atomic E-state index is 0.266. The summed E-state index contributed by atoms with van der Waals surface area (Å²) in [6.45, 7) is 10.0. The lowest BCUT2D eigenvalue weighted by atomic mass is 10.1. The average molecular weight is 306 g/mol. The van der Waals surface area contributed by atoms with Crippen LogP contribution in [0.1, 0.15) is 25.8 Å². The van der Waals surface area contributed by atoms with Crippen molar-refractivity contribution in [3.63, 3.8) is 0 Å². The van der Waals surface area contributed by atoms with Crippen LogP contribution in [0.4, 0.5) is 0 Å². The van der Waals surface area contributed by atoms with Crippen LogP contribution in [0.2, 0.25) is 0 Å². The first-order valence-corrected chi connectivity index (χ1v) is 8.33. The van der Waals surface area contributed by atoms with Crippen molar-refractivity contribution in [3.05, 3.63) is 29.8 Å². The second-order valence-corrected chi connectivity index (χ2v) is 6.60. The zero-order valence-electron chi connectivity index (χ0n) is 14.2. The van der Waals surface area contributed by atoms with Crippen LogP contribution in [-0.4, -0.2) is 60.8 Å². The number of ether oxygens (including phenoxy) is 1. The molecular weight excluding hydrogens is 276 g/mol. The molecule has 124 valence electrons. The summed E-state index contributed by atoms with van der Waals surface area (Å²) in [6, 6.07) is 8.70. The lowest BCUT2D eigenvalue weighted by Crippen LogP contribution is -2.53. The summed E-state index contributed by atoms with van der Waals surface area (Å²) in [6.07, 6.45) is 0.856. The molecule has 1 aliphatic rings. The van der Waals surface area contributed by atoms with E-state index in [9.17, 15) is 5.11 Å². The van der Waals surface area contributed by atoms with E-state index < -0.39 is 0 Å². The van der Waals surface area contributed by atoms with Crippen LogP contribution in [0.25, 0.3) is 0 Å². The zero-order chi connectivity index (χ0) is 15.9. The second kappa shape index (κ2) is 8.51. The van der Waals surface area contributed by atoms with E-state index in [1.807, 2.05) is 12.1 Å². The zero-order valence-corrected chi connectivity index (χ0v) is 14.2. The summed E-state index contributed by atoms with van der Waals surface area (Å²) >= 11 is 0. The topological polar surface area (TPSA) is 35.9 Å². The van der Waals surface area contributed by atoms with E-state index in [1.165, 1.54) is 5.56 Å². The van der Waals surface area contributed by atoms with Crippen molar-refractivity contribution >= 4 is 0 Å². The van der Waals surface area contributed by atoms with Crippen molar-refractivity contribution in [2.24, 2.45) is 5.92 Å². The molecule has 0 amide bonds. The molecule has 0 radical (unpaired) electrons. The molecule has 0 saturated carbocycles. The van der Waals surface area contributed by atoms with Crippen LogP contribution in [0.5, 0.6) is 5.75 Å². The van der Waals surface area contributed by atoms with E-state index in [0.717, 1.165) is 44.9 Å². The van der Waals surface area contributed by atoms with Gasteiger partial charge in [-0.1, -0.05) is 32.0 Å². The highest BCUT2D eigenvalue weighted by molar-refractivity contribution is 5.33. The molecule has 1 aromatic rings. The number of nitrogens with zero attached hydrogens (tertiary/aromatic N) is 2. The van der Waals surface area contributed by atoms with E-state index in [2.05, 4.69) is 35.8 Å². The monoisotopic (exact) mass is 306 g/mol. The van der Waals surface area contributed by atoms with Crippen molar-refractivity contribution in [1.82, 2.24) is 9.80 Å². The minimum Gasteiger partial charge on any atom is -0.496 e. The number of aliphatic hydroxyl groups is 1. The molecule has 1 fully saturated rings. The van der Waals surface area contributed by atoms with Gasteiger partial charge in [0.2, 0.25) is 0 Å². The Hall–Kier alpha value is -1.10. The SMILES string of the molecule is COc1ccccc1CN1CCN(CC(C)C)[C@H](CCO)C1. The van der Waals surface area contributed by atoms with Gasteiger partial charge >= 0.3 is 0 Å². The highest BCUT2D eigenvalue weighted by atomic mass is 16.5. The Bertz CT molecular complexity index is 450. The van der Waals surface area contributed by atoms with Gasteiger partial charge in [-0.2, -0.15) is 0 Å². The van der Waals surface area contributed by atoms with Crippen molar-refractivity contribution in [2.45, 2.75) is 32.9 Å². The van der Waals surface area contributed by atoms with E-state index in [0.29, 0.717) is 12.0 Å². The molecule has 0 unspecified atom stereocenters. The molecule has 1 N–H and O–H groups in total. The van der Waals surface area contributed by atoms with Gasteiger partial charge in [0.15, 0.2) is 0 Å². The summed E-state index contributed by atoms with van der Waals surface area (Å²) in [4.78, 5) is 5.02. The summed E-state index contributed by atoms with van der Waals surface area (Å²) in [5.74, 6) is 1.63. The maximum atomic E-state index is 9.36. The van der Waals surface area contributed by atoms with Crippen LogP contribution < -0.4 is 4.74 Å². The Kier molecular flexibility index (Phi) is 6.68. The third-order valence-electron chi connectivity index (χ3n) is 4.34. The van der Waals surface area contributed by atoms with Crippen molar-refractivity contribution in [3.8, 4) is 5.75 Å². The van der Waals surface area contributed by atoms with E-state index >= 15 is 0 Å². The molecule has 4 heteroatoms. The highest BCUT2D eigenvalue weighted by Gasteiger charge is 2.27. The second-order valence-electron chi connectivity index (χ2n) is 6.60. The van der Waals surface area contributed by atoms with Gasteiger partial charge in [-0.05, 0) is 18.4 Å². The van der Waals surface area contributed by atoms with Crippen LogP contribution in [0, 0.1) is 5.92 Å². The number of methoxy groups -OCH3 is 1. The first-order valence-electron chi connectivity index (χ1n) is 8.33. The Morgan fingerprint density at radius 1 is 1.27 bits per heavy atom. The molecule has 4 nitrogen and oxygen atoms in total. The normalized spacial score (nSPS) is 20.5. The van der Waals surface area contributed by atoms with Crippen LogP contribution >= 0.6 is 0 Å². The summed E-state index contributed by atoms with van der Waals surface area (Å²) < 4.78 is 5.46. The van der Waals surface area contributed by atoms with Gasteiger partial charge < -0.3 is 9.84 Å². The van der Waals surface area contributed by atoms with E-state index in [-0.39, 0.29) is 6.61 Å². The summed E-state index contributed by atoms with van der Waals surface area (Å²) in [5, 5.41) is 9.36. The van der Waals surface area contributed by atoms with E-state index in [4.69, 9.17) is 4.74 Å². The van der Waals surface area contributed by atoms with Crippen LogP contribution in [0.3, 0.4) is 0 Å². The Morgan fingerprint density at radius 3 is 2.73 bits per heavy atom. The van der Waals surface area contributed by atoms with Gasteiger partial charge in [0, 0.05) is 50.9 Å². The van der Waals surface area contributed by atoms with Gasteiger partial charge in [0.05, 0.1) is 7.11 Å². The van der Waals surface area contributed by atoms with Gasteiger partial charge in [-0.25, -0.2) is 0 Å². The summed E-state index contributed by atoms with van der Waals surface area (Å²) in [7, 11) is 1.73. The molecular formula is C18H30N2O2. The fourth-order valence-corrected chi connectivity index (χ4v) is 3.31. The number of rotatable bonds is 7. The molecule has 0 aromatic heterocycles. The van der Waals surface area contributed by atoms with Crippen LogP contribution in [0.15, 0.2) is 24.3 Å². The number of para-hydroxylation sites is 1.